The Kier molecular flexibility index (Phi) is 4.35. The molecular weight excluding hydrogens is 215 g/mol. The van der Waals surface area contributed by atoms with E-state index >= 15 is 0 Å². The number of hydrogen-bond acceptors (Lipinski definition) is 1. The molecule has 4 heteroatoms. The molecule has 0 amide bonds. The fraction of sp³-hybridized carbons (Fsp3) is 0.500. The van der Waals surface area contributed by atoms with Crippen molar-refractivity contribution in [1.29, 1.82) is 0 Å². The summed E-state index contributed by atoms with van der Waals surface area (Å²) in [5.41, 5.74) is 0.414. The van der Waals surface area contributed by atoms with Crippen LogP contribution in [-0.2, 0) is 0 Å². The largest absolute Gasteiger partial charge is 0.310 e. The molecule has 0 saturated heterocycles. The first-order valence-electron chi connectivity index (χ1n) is 5.29. The number of rotatable bonds is 4. The normalized spacial score (nSPS) is 13.2. The zero-order valence-corrected chi connectivity index (χ0v) is 9.65. The minimum Gasteiger partial charge on any atom is -0.310 e. The Balaban J connectivity index is 2.80. The summed E-state index contributed by atoms with van der Waals surface area (Å²) < 4.78 is 38.6. The van der Waals surface area contributed by atoms with Gasteiger partial charge in [-0.1, -0.05) is 13.8 Å². The van der Waals surface area contributed by atoms with Crippen molar-refractivity contribution < 1.29 is 13.2 Å². The molecule has 1 rings (SSSR count). The lowest BCUT2D eigenvalue weighted by Gasteiger charge is -2.16. The van der Waals surface area contributed by atoms with Crippen LogP contribution in [-0.4, -0.2) is 6.54 Å². The van der Waals surface area contributed by atoms with Gasteiger partial charge in [0.2, 0.25) is 0 Å². The predicted molar refractivity (Wildman–Crippen MR) is 57.6 cm³/mol. The Labute approximate surface area is 93.7 Å². The molecule has 0 aliphatic carbocycles. The van der Waals surface area contributed by atoms with E-state index in [1.165, 1.54) is 0 Å². The Hall–Kier alpha value is -1.03. The van der Waals surface area contributed by atoms with Crippen molar-refractivity contribution >= 4 is 0 Å². The smallest absolute Gasteiger partial charge is 0.194 e. The second-order valence-corrected chi connectivity index (χ2v) is 4.32. The van der Waals surface area contributed by atoms with Gasteiger partial charge in [-0.15, -0.1) is 0 Å². The van der Waals surface area contributed by atoms with Crippen LogP contribution in [0.3, 0.4) is 0 Å². The van der Waals surface area contributed by atoms with Crippen molar-refractivity contribution in [1.82, 2.24) is 5.32 Å². The number of halogens is 3. The lowest BCUT2D eigenvalue weighted by Crippen LogP contribution is -2.23. The Morgan fingerprint density at radius 2 is 1.56 bits per heavy atom. The standard InChI is InChI=1S/C12H16F3N/c1-7(2)6-16-8(3)9-4-10(13)12(15)11(14)5-9/h4-5,7-8,16H,6H2,1-3H3. The van der Waals surface area contributed by atoms with Crippen molar-refractivity contribution in [3.63, 3.8) is 0 Å². The van der Waals surface area contributed by atoms with E-state index in [1.54, 1.807) is 6.92 Å². The van der Waals surface area contributed by atoms with Gasteiger partial charge in [-0.3, -0.25) is 0 Å². The molecule has 90 valence electrons. The monoisotopic (exact) mass is 231 g/mol. The van der Waals surface area contributed by atoms with Crippen molar-refractivity contribution in [2.24, 2.45) is 5.92 Å². The molecule has 1 N–H and O–H groups in total. The van der Waals surface area contributed by atoms with Crippen LogP contribution in [0.2, 0.25) is 0 Å². The molecule has 0 saturated carbocycles. The van der Waals surface area contributed by atoms with E-state index in [0.29, 0.717) is 11.5 Å². The molecule has 0 heterocycles. The second-order valence-electron chi connectivity index (χ2n) is 4.32. The van der Waals surface area contributed by atoms with E-state index in [9.17, 15) is 13.2 Å². The summed E-state index contributed by atoms with van der Waals surface area (Å²) in [7, 11) is 0. The van der Waals surface area contributed by atoms with E-state index < -0.39 is 17.5 Å². The maximum Gasteiger partial charge on any atom is 0.194 e. The van der Waals surface area contributed by atoms with Gasteiger partial charge < -0.3 is 5.32 Å². The highest BCUT2D eigenvalue weighted by atomic mass is 19.2. The van der Waals surface area contributed by atoms with Gasteiger partial charge in [0.25, 0.3) is 0 Å². The first-order valence-corrected chi connectivity index (χ1v) is 5.29. The molecule has 0 aliphatic rings. The van der Waals surface area contributed by atoms with Crippen molar-refractivity contribution in [2.75, 3.05) is 6.54 Å². The van der Waals surface area contributed by atoms with Crippen LogP contribution in [0.25, 0.3) is 0 Å². The molecule has 1 nitrogen and oxygen atoms in total. The van der Waals surface area contributed by atoms with Crippen molar-refractivity contribution in [2.45, 2.75) is 26.8 Å². The number of benzene rings is 1. The van der Waals surface area contributed by atoms with Gasteiger partial charge in [0.15, 0.2) is 17.5 Å². The van der Waals surface area contributed by atoms with Gasteiger partial charge in [0.1, 0.15) is 0 Å². The third kappa shape index (κ3) is 3.23. The average Bonchev–Trinajstić information content (AvgIpc) is 2.21. The highest BCUT2D eigenvalue weighted by Crippen LogP contribution is 2.19. The van der Waals surface area contributed by atoms with Crippen LogP contribution in [0.4, 0.5) is 13.2 Å². The first kappa shape index (κ1) is 13.0. The van der Waals surface area contributed by atoms with Crippen molar-refractivity contribution in [3.05, 3.63) is 35.1 Å². The summed E-state index contributed by atoms with van der Waals surface area (Å²) in [5, 5.41) is 3.12. The van der Waals surface area contributed by atoms with E-state index in [-0.39, 0.29) is 6.04 Å². The van der Waals surface area contributed by atoms with Gasteiger partial charge in [0, 0.05) is 6.04 Å². The highest BCUT2D eigenvalue weighted by molar-refractivity contribution is 5.22. The van der Waals surface area contributed by atoms with Crippen LogP contribution < -0.4 is 5.32 Å². The minimum absolute atomic E-state index is 0.202. The molecule has 16 heavy (non-hydrogen) atoms. The number of nitrogens with one attached hydrogen (secondary N) is 1. The first-order chi connectivity index (χ1) is 7.41. The van der Waals surface area contributed by atoms with Crippen LogP contribution in [0.1, 0.15) is 32.4 Å². The molecule has 0 fully saturated rings. The van der Waals surface area contributed by atoms with Crippen LogP contribution in [0.5, 0.6) is 0 Å². The maximum absolute atomic E-state index is 13.0. The molecule has 0 radical (unpaired) electrons. The summed E-state index contributed by atoms with van der Waals surface area (Å²) >= 11 is 0. The van der Waals surface area contributed by atoms with E-state index in [0.717, 1.165) is 18.7 Å². The van der Waals surface area contributed by atoms with E-state index in [1.807, 2.05) is 13.8 Å². The molecule has 0 spiro atoms. The predicted octanol–water partition coefficient (Wildman–Crippen LogP) is 3.41. The lowest BCUT2D eigenvalue weighted by molar-refractivity contribution is 0.438. The third-order valence-corrected chi connectivity index (χ3v) is 2.34. The van der Waals surface area contributed by atoms with E-state index in [4.69, 9.17) is 0 Å². The summed E-state index contributed by atoms with van der Waals surface area (Å²) in [6, 6.07) is 1.85. The van der Waals surface area contributed by atoms with Crippen molar-refractivity contribution in [3.8, 4) is 0 Å². The molecule has 0 aromatic heterocycles. The molecule has 1 aromatic carbocycles. The van der Waals surface area contributed by atoms with Gasteiger partial charge >= 0.3 is 0 Å². The minimum atomic E-state index is -1.42. The summed E-state index contributed by atoms with van der Waals surface area (Å²) in [6.07, 6.45) is 0. The summed E-state index contributed by atoms with van der Waals surface area (Å²) in [4.78, 5) is 0. The summed E-state index contributed by atoms with van der Waals surface area (Å²) in [6.45, 7) is 6.59. The molecule has 1 unspecified atom stereocenters. The topological polar surface area (TPSA) is 12.0 Å². The van der Waals surface area contributed by atoms with Gasteiger partial charge in [-0.25, -0.2) is 13.2 Å². The highest BCUT2D eigenvalue weighted by Gasteiger charge is 2.14. The maximum atomic E-state index is 13.0. The molecule has 0 bridgehead atoms. The Bertz CT molecular complexity index is 340. The lowest BCUT2D eigenvalue weighted by atomic mass is 10.1. The summed E-state index contributed by atoms with van der Waals surface area (Å²) in [5.74, 6) is -3.27. The van der Waals surface area contributed by atoms with Gasteiger partial charge in [0.05, 0.1) is 0 Å². The van der Waals surface area contributed by atoms with Gasteiger partial charge in [-0.2, -0.15) is 0 Å². The molecule has 1 aromatic rings. The fourth-order valence-electron chi connectivity index (χ4n) is 1.36. The quantitative estimate of drug-likeness (QED) is 0.783. The number of hydrogen-bond donors (Lipinski definition) is 1. The average molecular weight is 231 g/mol. The molecule has 0 aliphatic heterocycles. The zero-order chi connectivity index (χ0) is 12.3. The SMILES string of the molecule is CC(C)CNC(C)c1cc(F)c(F)c(F)c1. The molecule has 1 atom stereocenters. The second kappa shape index (κ2) is 5.34. The van der Waals surface area contributed by atoms with Crippen LogP contribution >= 0.6 is 0 Å². The van der Waals surface area contributed by atoms with Crippen LogP contribution in [0, 0.1) is 23.4 Å². The third-order valence-electron chi connectivity index (χ3n) is 2.34. The van der Waals surface area contributed by atoms with E-state index in [2.05, 4.69) is 5.32 Å². The van der Waals surface area contributed by atoms with Crippen LogP contribution in [0.15, 0.2) is 12.1 Å². The zero-order valence-electron chi connectivity index (χ0n) is 9.65. The fourth-order valence-corrected chi connectivity index (χ4v) is 1.36. The van der Waals surface area contributed by atoms with Gasteiger partial charge in [-0.05, 0) is 37.1 Å². The molecular formula is C12H16F3N. The Morgan fingerprint density at radius 3 is 2.00 bits per heavy atom. The Morgan fingerprint density at radius 1 is 1.06 bits per heavy atom.